The van der Waals surface area contributed by atoms with E-state index < -0.39 is 0 Å². The molecule has 1 saturated carbocycles. The number of rotatable bonds is 4. The molecule has 1 aliphatic carbocycles. The molecule has 0 amide bonds. The summed E-state index contributed by atoms with van der Waals surface area (Å²) in [5.41, 5.74) is 1.02. The fourth-order valence-electron chi connectivity index (χ4n) is 3.45. The highest BCUT2D eigenvalue weighted by atomic mass is 16.4. The van der Waals surface area contributed by atoms with E-state index in [1.165, 1.54) is 32.1 Å². The zero-order valence-corrected chi connectivity index (χ0v) is 11.2. The number of nitrogens with one attached hydrogen (secondary N) is 1. The third kappa shape index (κ3) is 2.26. The third-order valence-electron chi connectivity index (χ3n) is 4.33. The largest absolute Gasteiger partial charge is 0.432 e. The Balaban J connectivity index is 1.71. The van der Waals surface area contributed by atoms with Gasteiger partial charge in [-0.2, -0.15) is 4.98 Å². The number of piperidine rings is 1. The van der Waals surface area contributed by atoms with Gasteiger partial charge in [-0.25, -0.2) is 0 Å². The van der Waals surface area contributed by atoms with Gasteiger partial charge < -0.3 is 14.6 Å². The van der Waals surface area contributed by atoms with Gasteiger partial charge in [0.05, 0.1) is 5.69 Å². The second kappa shape index (κ2) is 5.31. The molecule has 2 aliphatic rings. The van der Waals surface area contributed by atoms with Gasteiger partial charge >= 0.3 is 0 Å². The van der Waals surface area contributed by atoms with E-state index in [0.717, 1.165) is 37.3 Å². The minimum atomic E-state index is 0.685. The molecule has 1 saturated heterocycles. The van der Waals surface area contributed by atoms with Gasteiger partial charge in [0.25, 0.3) is 6.01 Å². The van der Waals surface area contributed by atoms with Crippen LogP contribution in [0, 0.1) is 5.92 Å². The van der Waals surface area contributed by atoms with Crippen molar-refractivity contribution < 1.29 is 4.42 Å². The average molecular weight is 249 g/mol. The molecule has 100 valence electrons. The summed E-state index contributed by atoms with van der Waals surface area (Å²) in [5, 5.41) is 3.29. The molecule has 4 nitrogen and oxygen atoms in total. The lowest BCUT2D eigenvalue weighted by Crippen LogP contribution is -2.42. The summed E-state index contributed by atoms with van der Waals surface area (Å²) in [4.78, 5) is 7.04. The van der Waals surface area contributed by atoms with Crippen molar-refractivity contribution in [3.8, 4) is 0 Å². The van der Waals surface area contributed by atoms with Gasteiger partial charge in [-0.1, -0.05) is 13.3 Å². The van der Waals surface area contributed by atoms with Crippen molar-refractivity contribution in [2.75, 3.05) is 18.0 Å². The molecular formula is C14H23N3O. The normalized spacial score (nSPS) is 27.5. The number of fused-ring (bicyclic) bond motifs is 1. The maximum Gasteiger partial charge on any atom is 0.297 e. The van der Waals surface area contributed by atoms with Gasteiger partial charge in [0.1, 0.15) is 6.26 Å². The van der Waals surface area contributed by atoms with E-state index in [0.29, 0.717) is 6.04 Å². The molecule has 4 heteroatoms. The standard InChI is InChI=1S/C14H23N3O/c1-2-15-9-12-10-18-14(16-12)17-8-4-6-11-5-3-7-13(11)17/h10-11,13,15H,2-9H2,1H3. The van der Waals surface area contributed by atoms with E-state index in [-0.39, 0.29) is 0 Å². The molecule has 1 aromatic rings. The van der Waals surface area contributed by atoms with Crippen molar-refractivity contribution in [1.29, 1.82) is 0 Å². The summed E-state index contributed by atoms with van der Waals surface area (Å²) in [7, 11) is 0. The van der Waals surface area contributed by atoms with Crippen LogP contribution in [0.15, 0.2) is 10.7 Å². The highest BCUT2D eigenvalue weighted by Crippen LogP contribution is 2.38. The summed E-state index contributed by atoms with van der Waals surface area (Å²) < 4.78 is 5.68. The Labute approximate surface area is 109 Å². The predicted molar refractivity (Wildman–Crippen MR) is 71.6 cm³/mol. The molecule has 2 atom stereocenters. The van der Waals surface area contributed by atoms with Crippen LogP contribution in [-0.2, 0) is 6.54 Å². The topological polar surface area (TPSA) is 41.3 Å². The van der Waals surface area contributed by atoms with Crippen LogP contribution >= 0.6 is 0 Å². The van der Waals surface area contributed by atoms with Crippen LogP contribution in [0.5, 0.6) is 0 Å². The van der Waals surface area contributed by atoms with Gasteiger partial charge in [-0.15, -0.1) is 0 Å². The highest BCUT2D eigenvalue weighted by Gasteiger charge is 2.36. The van der Waals surface area contributed by atoms with Crippen molar-refractivity contribution in [3.63, 3.8) is 0 Å². The van der Waals surface area contributed by atoms with Gasteiger partial charge in [0.15, 0.2) is 0 Å². The predicted octanol–water partition coefficient (Wildman–Crippen LogP) is 2.55. The Bertz CT molecular complexity index is 390. The lowest BCUT2D eigenvalue weighted by molar-refractivity contribution is 0.342. The van der Waals surface area contributed by atoms with Crippen molar-refractivity contribution >= 4 is 6.01 Å². The molecule has 2 fully saturated rings. The Morgan fingerprint density at radius 1 is 1.39 bits per heavy atom. The zero-order chi connectivity index (χ0) is 12.4. The molecule has 3 rings (SSSR count). The van der Waals surface area contributed by atoms with Gasteiger partial charge in [0, 0.05) is 19.1 Å². The monoisotopic (exact) mass is 249 g/mol. The molecule has 0 radical (unpaired) electrons. The highest BCUT2D eigenvalue weighted by molar-refractivity contribution is 5.31. The number of anilines is 1. The van der Waals surface area contributed by atoms with Crippen LogP contribution in [0.3, 0.4) is 0 Å². The lowest BCUT2D eigenvalue weighted by Gasteiger charge is -2.36. The fourth-order valence-corrected chi connectivity index (χ4v) is 3.45. The number of nitrogens with zero attached hydrogens (tertiary/aromatic N) is 2. The number of aromatic nitrogens is 1. The molecule has 0 aromatic carbocycles. The SMILES string of the molecule is CCNCc1coc(N2CCCC3CCCC32)n1. The lowest BCUT2D eigenvalue weighted by atomic mass is 9.92. The zero-order valence-electron chi connectivity index (χ0n) is 11.2. The molecule has 1 aliphatic heterocycles. The minimum Gasteiger partial charge on any atom is -0.432 e. The van der Waals surface area contributed by atoms with E-state index in [4.69, 9.17) is 4.42 Å². The molecule has 0 spiro atoms. The Morgan fingerprint density at radius 3 is 3.17 bits per heavy atom. The first-order valence-corrected chi connectivity index (χ1v) is 7.30. The summed E-state index contributed by atoms with van der Waals surface area (Å²) in [5.74, 6) is 0.878. The average Bonchev–Trinajstić information content (AvgIpc) is 3.04. The molecule has 0 bridgehead atoms. The first-order valence-electron chi connectivity index (χ1n) is 7.30. The van der Waals surface area contributed by atoms with Crippen molar-refractivity contribution in [3.05, 3.63) is 12.0 Å². The second-order valence-electron chi connectivity index (χ2n) is 5.50. The first kappa shape index (κ1) is 12.0. The summed E-state index contributed by atoms with van der Waals surface area (Å²) >= 11 is 0. The molecule has 2 unspecified atom stereocenters. The second-order valence-corrected chi connectivity index (χ2v) is 5.50. The van der Waals surface area contributed by atoms with E-state index in [9.17, 15) is 0 Å². The fraction of sp³-hybridized carbons (Fsp3) is 0.786. The quantitative estimate of drug-likeness (QED) is 0.890. The van der Waals surface area contributed by atoms with E-state index in [1.54, 1.807) is 6.26 Å². The smallest absolute Gasteiger partial charge is 0.297 e. The van der Waals surface area contributed by atoms with Crippen molar-refractivity contribution in [1.82, 2.24) is 10.3 Å². The molecule has 1 aromatic heterocycles. The van der Waals surface area contributed by atoms with E-state index in [2.05, 4.69) is 22.1 Å². The number of hydrogen-bond acceptors (Lipinski definition) is 4. The summed E-state index contributed by atoms with van der Waals surface area (Å²) in [6, 6.07) is 1.53. The first-order chi connectivity index (χ1) is 8.88. The molecular weight excluding hydrogens is 226 g/mol. The van der Waals surface area contributed by atoms with Crippen molar-refractivity contribution in [2.24, 2.45) is 5.92 Å². The van der Waals surface area contributed by atoms with Gasteiger partial charge in [-0.05, 0) is 38.1 Å². The maximum absolute atomic E-state index is 5.68. The summed E-state index contributed by atoms with van der Waals surface area (Å²) in [6.45, 7) is 5.00. The van der Waals surface area contributed by atoms with Crippen LogP contribution in [0.1, 0.15) is 44.7 Å². The molecule has 1 N–H and O–H groups in total. The number of oxazole rings is 1. The minimum absolute atomic E-state index is 0.685. The Kier molecular flexibility index (Phi) is 3.55. The van der Waals surface area contributed by atoms with Crippen LogP contribution < -0.4 is 10.2 Å². The Hall–Kier alpha value is -1.03. The van der Waals surface area contributed by atoms with Gasteiger partial charge in [-0.3, -0.25) is 0 Å². The van der Waals surface area contributed by atoms with Crippen LogP contribution in [0.4, 0.5) is 6.01 Å². The molecule has 2 heterocycles. The van der Waals surface area contributed by atoms with Crippen molar-refractivity contribution in [2.45, 2.75) is 51.6 Å². The van der Waals surface area contributed by atoms with Gasteiger partial charge in [0.2, 0.25) is 0 Å². The van der Waals surface area contributed by atoms with Crippen LogP contribution in [0.25, 0.3) is 0 Å². The third-order valence-corrected chi connectivity index (χ3v) is 4.33. The van der Waals surface area contributed by atoms with E-state index in [1.807, 2.05) is 0 Å². The molecule has 18 heavy (non-hydrogen) atoms. The van der Waals surface area contributed by atoms with Crippen LogP contribution in [0.2, 0.25) is 0 Å². The van der Waals surface area contributed by atoms with Crippen LogP contribution in [-0.4, -0.2) is 24.1 Å². The summed E-state index contributed by atoms with van der Waals surface area (Å²) in [6.07, 6.45) is 8.56. The maximum atomic E-state index is 5.68. The van der Waals surface area contributed by atoms with E-state index >= 15 is 0 Å². The number of hydrogen-bond donors (Lipinski definition) is 1. The Morgan fingerprint density at radius 2 is 2.28 bits per heavy atom.